The summed E-state index contributed by atoms with van der Waals surface area (Å²) in [6.07, 6.45) is -10.1. The zero-order valence-electron chi connectivity index (χ0n) is 5.13. The quantitative estimate of drug-likeness (QED) is 0.450. The second kappa shape index (κ2) is 2.75. The molecule has 0 aliphatic carbocycles. The number of halogens is 6. The van der Waals surface area contributed by atoms with Crippen molar-refractivity contribution in [2.24, 2.45) is 0 Å². The Labute approximate surface area is 58.5 Å². The zero-order valence-corrected chi connectivity index (χ0v) is 5.13. The van der Waals surface area contributed by atoms with E-state index in [4.69, 9.17) is 0 Å². The van der Waals surface area contributed by atoms with Crippen molar-refractivity contribution >= 4 is 0 Å². The van der Waals surface area contributed by atoms with E-state index >= 15 is 0 Å². The SMILES string of the molecule is C=CC(F)(F)C(F)C(F)(F)F. The molecular weight excluding hydrogens is 174 g/mol. The number of hydrogen-bond acceptors (Lipinski definition) is 0. The van der Waals surface area contributed by atoms with Crippen LogP contribution in [-0.2, 0) is 0 Å². The lowest BCUT2D eigenvalue weighted by Crippen LogP contribution is -2.39. The van der Waals surface area contributed by atoms with E-state index in [-0.39, 0.29) is 6.08 Å². The highest BCUT2D eigenvalue weighted by atomic mass is 19.4. The van der Waals surface area contributed by atoms with Crippen molar-refractivity contribution < 1.29 is 26.3 Å². The minimum atomic E-state index is -5.54. The molecule has 0 heterocycles. The predicted octanol–water partition coefficient (Wildman–Crippen LogP) is 2.71. The second-order valence-corrected chi connectivity index (χ2v) is 1.78. The first kappa shape index (κ1) is 10.3. The van der Waals surface area contributed by atoms with Crippen LogP contribution >= 0.6 is 0 Å². The Bertz CT molecular complexity index is 146. The second-order valence-electron chi connectivity index (χ2n) is 1.78. The van der Waals surface area contributed by atoms with Gasteiger partial charge in [-0.25, -0.2) is 4.39 Å². The molecule has 0 aliphatic rings. The van der Waals surface area contributed by atoms with Gasteiger partial charge in [-0.05, 0) is 6.08 Å². The molecule has 66 valence electrons. The van der Waals surface area contributed by atoms with Gasteiger partial charge in [0.25, 0.3) is 6.17 Å². The van der Waals surface area contributed by atoms with Gasteiger partial charge in [0.1, 0.15) is 0 Å². The van der Waals surface area contributed by atoms with Gasteiger partial charge in [-0.15, -0.1) is 0 Å². The third-order valence-corrected chi connectivity index (χ3v) is 0.897. The summed E-state index contributed by atoms with van der Waals surface area (Å²) in [6.45, 7) is 2.38. The molecule has 0 aromatic rings. The fourth-order valence-corrected chi connectivity index (χ4v) is 0.322. The number of hydrogen-bond donors (Lipinski definition) is 0. The van der Waals surface area contributed by atoms with Crippen molar-refractivity contribution in [3.8, 4) is 0 Å². The van der Waals surface area contributed by atoms with Crippen LogP contribution in [0.5, 0.6) is 0 Å². The monoisotopic (exact) mass is 178 g/mol. The van der Waals surface area contributed by atoms with Crippen molar-refractivity contribution in [1.82, 2.24) is 0 Å². The van der Waals surface area contributed by atoms with Crippen molar-refractivity contribution in [2.75, 3.05) is 0 Å². The first-order chi connectivity index (χ1) is 4.72. The lowest BCUT2D eigenvalue weighted by molar-refractivity contribution is -0.230. The summed E-state index contributed by atoms with van der Waals surface area (Å²) in [4.78, 5) is 0. The van der Waals surface area contributed by atoms with Gasteiger partial charge in [0.05, 0.1) is 0 Å². The van der Waals surface area contributed by atoms with Gasteiger partial charge in [-0.1, -0.05) is 6.58 Å². The lowest BCUT2D eigenvalue weighted by Gasteiger charge is -2.18. The topological polar surface area (TPSA) is 0 Å². The Balaban J connectivity index is 4.48. The summed E-state index contributed by atoms with van der Waals surface area (Å²) in [7, 11) is 0. The van der Waals surface area contributed by atoms with Gasteiger partial charge < -0.3 is 0 Å². The fraction of sp³-hybridized carbons (Fsp3) is 0.600. The fourth-order valence-electron chi connectivity index (χ4n) is 0.322. The average molecular weight is 178 g/mol. The van der Waals surface area contributed by atoms with Crippen LogP contribution in [0.25, 0.3) is 0 Å². The first-order valence-electron chi connectivity index (χ1n) is 2.44. The van der Waals surface area contributed by atoms with Gasteiger partial charge in [-0.3, -0.25) is 0 Å². The van der Waals surface area contributed by atoms with Gasteiger partial charge in [0.2, 0.25) is 0 Å². The normalized spacial score (nSPS) is 16.2. The molecule has 0 aromatic carbocycles. The first-order valence-corrected chi connectivity index (χ1v) is 2.44. The maximum absolute atomic E-state index is 11.8. The van der Waals surface area contributed by atoms with Crippen molar-refractivity contribution in [1.29, 1.82) is 0 Å². The van der Waals surface area contributed by atoms with Crippen molar-refractivity contribution in [2.45, 2.75) is 18.3 Å². The van der Waals surface area contributed by atoms with Crippen LogP contribution in [0, 0.1) is 0 Å². The minimum Gasteiger partial charge on any atom is -0.230 e. The minimum absolute atomic E-state index is 0.370. The highest BCUT2D eigenvalue weighted by Gasteiger charge is 2.54. The molecule has 0 aliphatic heterocycles. The molecule has 0 radical (unpaired) electrons. The van der Waals surface area contributed by atoms with Crippen LogP contribution in [0.1, 0.15) is 0 Å². The largest absolute Gasteiger partial charge is 0.426 e. The summed E-state index contributed by atoms with van der Waals surface area (Å²) in [5.74, 6) is -4.54. The van der Waals surface area contributed by atoms with Gasteiger partial charge in [0, 0.05) is 0 Å². The molecule has 0 rings (SSSR count). The predicted molar refractivity (Wildman–Crippen MR) is 26.1 cm³/mol. The van der Waals surface area contributed by atoms with Crippen LogP contribution in [0.3, 0.4) is 0 Å². The maximum Gasteiger partial charge on any atom is 0.426 e. The van der Waals surface area contributed by atoms with Crippen LogP contribution in [0.4, 0.5) is 26.3 Å². The summed E-state index contributed by atoms with van der Waals surface area (Å²) in [5, 5.41) is 0. The van der Waals surface area contributed by atoms with Crippen molar-refractivity contribution in [3.05, 3.63) is 12.7 Å². The summed E-state index contributed by atoms with van der Waals surface area (Å²) >= 11 is 0. The van der Waals surface area contributed by atoms with E-state index in [1.54, 1.807) is 0 Å². The van der Waals surface area contributed by atoms with Crippen molar-refractivity contribution in [3.63, 3.8) is 0 Å². The molecule has 1 unspecified atom stereocenters. The Hall–Kier alpha value is -0.680. The number of rotatable bonds is 2. The maximum atomic E-state index is 11.8. The van der Waals surface area contributed by atoms with E-state index in [0.29, 0.717) is 0 Å². The van der Waals surface area contributed by atoms with E-state index in [2.05, 4.69) is 6.58 Å². The van der Waals surface area contributed by atoms with E-state index in [1.165, 1.54) is 0 Å². The summed E-state index contributed by atoms with van der Waals surface area (Å²) in [5.41, 5.74) is 0. The molecule has 0 amide bonds. The van der Waals surface area contributed by atoms with Crippen LogP contribution in [-0.4, -0.2) is 18.3 Å². The van der Waals surface area contributed by atoms with E-state index in [0.717, 1.165) is 0 Å². The van der Waals surface area contributed by atoms with Crippen LogP contribution in [0.15, 0.2) is 12.7 Å². The third-order valence-electron chi connectivity index (χ3n) is 0.897. The highest BCUT2D eigenvalue weighted by Crippen LogP contribution is 2.35. The molecule has 0 nitrogen and oxygen atoms in total. The van der Waals surface area contributed by atoms with E-state index in [1.807, 2.05) is 0 Å². The Morgan fingerprint density at radius 2 is 1.45 bits per heavy atom. The molecule has 0 saturated heterocycles. The molecular formula is C5H4F6. The molecule has 1 atom stereocenters. The summed E-state index contributed by atoms with van der Waals surface area (Å²) < 4.78 is 69.1. The Kier molecular flexibility index (Phi) is 2.58. The Morgan fingerprint density at radius 3 is 1.55 bits per heavy atom. The number of alkyl halides is 6. The lowest BCUT2D eigenvalue weighted by atomic mass is 10.2. The zero-order chi connectivity index (χ0) is 9.28. The standard InChI is InChI=1S/C5H4F6/c1-2-4(7,8)3(6)5(9,10)11/h2-3H,1H2. The molecule has 0 spiro atoms. The molecule has 11 heavy (non-hydrogen) atoms. The molecule has 0 fully saturated rings. The molecule has 0 aromatic heterocycles. The van der Waals surface area contributed by atoms with Gasteiger partial charge in [0.15, 0.2) is 0 Å². The number of allylic oxidation sites excluding steroid dienone is 1. The molecule has 0 saturated carbocycles. The van der Waals surface area contributed by atoms with Crippen LogP contribution < -0.4 is 0 Å². The van der Waals surface area contributed by atoms with E-state index in [9.17, 15) is 26.3 Å². The third kappa shape index (κ3) is 2.44. The molecule has 0 N–H and O–H groups in total. The summed E-state index contributed by atoms with van der Waals surface area (Å²) in [6, 6.07) is 0. The molecule has 0 bridgehead atoms. The highest BCUT2D eigenvalue weighted by molar-refractivity contribution is 4.96. The smallest absolute Gasteiger partial charge is 0.230 e. The van der Waals surface area contributed by atoms with Gasteiger partial charge >= 0.3 is 12.1 Å². The average Bonchev–Trinajstić information content (AvgIpc) is 1.84. The van der Waals surface area contributed by atoms with E-state index < -0.39 is 18.3 Å². The van der Waals surface area contributed by atoms with Crippen LogP contribution in [0.2, 0.25) is 0 Å². The molecule has 6 heteroatoms. The van der Waals surface area contributed by atoms with Gasteiger partial charge in [-0.2, -0.15) is 22.0 Å². The Morgan fingerprint density at radius 1 is 1.09 bits per heavy atom.